The summed E-state index contributed by atoms with van der Waals surface area (Å²) in [4.78, 5) is 0. The summed E-state index contributed by atoms with van der Waals surface area (Å²) in [6.45, 7) is 6.80. The van der Waals surface area contributed by atoms with Gasteiger partial charge in [0, 0.05) is 12.0 Å². The van der Waals surface area contributed by atoms with Crippen molar-refractivity contribution in [1.29, 1.82) is 0 Å². The second-order valence-electron chi connectivity index (χ2n) is 6.00. The molecule has 21 heavy (non-hydrogen) atoms. The zero-order valence-electron chi connectivity index (χ0n) is 13.6. The normalized spacial score (nSPS) is 15.4. The van der Waals surface area contributed by atoms with E-state index in [2.05, 4.69) is 87.7 Å². The van der Waals surface area contributed by atoms with Gasteiger partial charge in [0.25, 0.3) is 0 Å². The number of rotatable bonds is 6. The van der Waals surface area contributed by atoms with E-state index < -0.39 is 0 Å². The lowest BCUT2D eigenvalue weighted by Crippen LogP contribution is -2.28. The van der Waals surface area contributed by atoms with Crippen LogP contribution in [0.15, 0.2) is 54.6 Å². The van der Waals surface area contributed by atoms with Gasteiger partial charge in [0.05, 0.1) is 0 Å². The van der Waals surface area contributed by atoms with Crippen molar-refractivity contribution in [3.8, 4) is 0 Å². The molecule has 2 aromatic rings. The third-order valence-electron chi connectivity index (χ3n) is 4.51. The molecule has 0 fully saturated rings. The summed E-state index contributed by atoms with van der Waals surface area (Å²) in [6, 6.07) is 20.1. The fourth-order valence-electron chi connectivity index (χ4n) is 3.20. The third kappa shape index (κ3) is 3.74. The lowest BCUT2D eigenvalue weighted by Gasteiger charge is -2.32. The highest BCUT2D eigenvalue weighted by Crippen LogP contribution is 2.38. The van der Waals surface area contributed by atoms with Crippen molar-refractivity contribution in [2.75, 3.05) is 7.05 Å². The molecule has 1 heteroatoms. The van der Waals surface area contributed by atoms with Gasteiger partial charge in [-0.2, -0.15) is 0 Å². The van der Waals surface area contributed by atoms with E-state index in [1.165, 1.54) is 23.1 Å². The molecule has 0 amide bonds. The van der Waals surface area contributed by atoms with E-state index in [1.54, 1.807) is 0 Å². The maximum absolute atomic E-state index is 3.56. The summed E-state index contributed by atoms with van der Waals surface area (Å²) in [5.41, 5.74) is 4.13. The molecule has 2 rings (SSSR count). The number of hydrogen-bond donors (Lipinski definition) is 1. The summed E-state index contributed by atoms with van der Waals surface area (Å²) in [5.74, 6) is 1.12. The zero-order chi connectivity index (χ0) is 15.2. The highest BCUT2D eigenvalue weighted by Gasteiger charge is 2.27. The van der Waals surface area contributed by atoms with Crippen molar-refractivity contribution < 1.29 is 0 Å². The Morgan fingerprint density at radius 2 is 1.62 bits per heavy atom. The van der Waals surface area contributed by atoms with Crippen molar-refractivity contribution >= 4 is 0 Å². The molecule has 3 unspecified atom stereocenters. The first-order valence-electron chi connectivity index (χ1n) is 7.96. The van der Waals surface area contributed by atoms with Crippen LogP contribution in [0.4, 0.5) is 0 Å². The molecule has 3 atom stereocenters. The number of aryl methyl sites for hydroxylation is 1. The molecule has 0 heterocycles. The minimum absolute atomic E-state index is 0.349. The summed E-state index contributed by atoms with van der Waals surface area (Å²) in [5, 5.41) is 3.56. The molecule has 1 N–H and O–H groups in total. The lowest BCUT2D eigenvalue weighted by atomic mass is 9.77. The Morgan fingerprint density at radius 1 is 0.952 bits per heavy atom. The topological polar surface area (TPSA) is 12.0 Å². The Kier molecular flexibility index (Phi) is 5.58. The average Bonchev–Trinajstić information content (AvgIpc) is 2.52. The van der Waals surface area contributed by atoms with Crippen LogP contribution in [0.3, 0.4) is 0 Å². The monoisotopic (exact) mass is 281 g/mol. The smallest absolute Gasteiger partial charge is 0.0389 e. The predicted octanol–water partition coefficient (Wildman–Crippen LogP) is 5.09. The molecular formula is C20H27N. The average molecular weight is 281 g/mol. The molecule has 112 valence electrons. The second-order valence-corrected chi connectivity index (χ2v) is 6.00. The van der Waals surface area contributed by atoms with Gasteiger partial charge in [-0.05, 0) is 31.0 Å². The van der Waals surface area contributed by atoms with Gasteiger partial charge in [-0.25, -0.2) is 0 Å². The van der Waals surface area contributed by atoms with Crippen molar-refractivity contribution in [1.82, 2.24) is 5.32 Å². The van der Waals surface area contributed by atoms with Crippen LogP contribution >= 0.6 is 0 Å². The van der Waals surface area contributed by atoms with E-state index in [4.69, 9.17) is 0 Å². The lowest BCUT2D eigenvalue weighted by molar-refractivity contribution is 0.354. The van der Waals surface area contributed by atoms with E-state index in [9.17, 15) is 0 Å². The first kappa shape index (κ1) is 15.8. The van der Waals surface area contributed by atoms with E-state index >= 15 is 0 Å². The van der Waals surface area contributed by atoms with Gasteiger partial charge in [-0.15, -0.1) is 0 Å². The predicted molar refractivity (Wildman–Crippen MR) is 91.6 cm³/mol. The maximum Gasteiger partial charge on any atom is 0.0389 e. The molecule has 0 aromatic heterocycles. The van der Waals surface area contributed by atoms with Gasteiger partial charge in [0.15, 0.2) is 0 Å². The first-order chi connectivity index (χ1) is 10.2. The molecule has 0 spiro atoms. The fraction of sp³-hybridized carbons (Fsp3) is 0.400. The van der Waals surface area contributed by atoms with Crippen LogP contribution in [0, 0.1) is 12.8 Å². The van der Waals surface area contributed by atoms with Crippen LogP contribution in [0.2, 0.25) is 0 Å². The molecule has 2 aromatic carbocycles. The van der Waals surface area contributed by atoms with Crippen LogP contribution in [0.1, 0.15) is 48.9 Å². The Labute approximate surface area is 129 Å². The van der Waals surface area contributed by atoms with Crippen molar-refractivity contribution in [2.45, 2.75) is 39.2 Å². The standard InChI is InChI=1S/C20H27N/c1-5-16(3)19(17-11-7-6-8-12-17)20(21-4)18-13-9-10-15(2)14-18/h6-14,16,19-21H,5H2,1-4H3. The second kappa shape index (κ2) is 7.42. The Balaban J connectivity index is 2.43. The van der Waals surface area contributed by atoms with Gasteiger partial charge in [-0.3, -0.25) is 0 Å². The summed E-state index contributed by atoms with van der Waals surface area (Å²) < 4.78 is 0. The molecule has 0 bridgehead atoms. The minimum Gasteiger partial charge on any atom is -0.312 e. The van der Waals surface area contributed by atoms with E-state index in [-0.39, 0.29) is 0 Å². The summed E-state index contributed by atoms with van der Waals surface area (Å²) in [7, 11) is 2.07. The van der Waals surface area contributed by atoms with Crippen LogP contribution in [-0.4, -0.2) is 7.05 Å². The Hall–Kier alpha value is -1.60. The Bertz CT molecular complexity index is 547. The highest BCUT2D eigenvalue weighted by molar-refractivity contribution is 5.31. The van der Waals surface area contributed by atoms with Gasteiger partial charge in [-0.1, -0.05) is 80.4 Å². The highest BCUT2D eigenvalue weighted by atomic mass is 14.9. The van der Waals surface area contributed by atoms with Gasteiger partial charge >= 0.3 is 0 Å². The molecule has 0 saturated heterocycles. The van der Waals surface area contributed by atoms with E-state index in [0.717, 1.165) is 0 Å². The zero-order valence-corrected chi connectivity index (χ0v) is 13.6. The molecule has 1 nitrogen and oxygen atoms in total. The quantitative estimate of drug-likeness (QED) is 0.778. The number of likely N-dealkylation sites (N-methyl/N-ethyl adjacent to an activating group) is 1. The van der Waals surface area contributed by atoms with Crippen molar-refractivity contribution in [3.05, 3.63) is 71.3 Å². The van der Waals surface area contributed by atoms with E-state index in [1.807, 2.05) is 0 Å². The first-order valence-corrected chi connectivity index (χ1v) is 7.96. The van der Waals surface area contributed by atoms with Gasteiger partial charge in [0.1, 0.15) is 0 Å². The number of nitrogens with one attached hydrogen (secondary N) is 1. The number of benzene rings is 2. The number of hydrogen-bond acceptors (Lipinski definition) is 1. The van der Waals surface area contributed by atoms with Gasteiger partial charge in [0.2, 0.25) is 0 Å². The SMILES string of the molecule is CCC(C)C(c1ccccc1)C(NC)c1cccc(C)c1. The molecule has 0 aliphatic rings. The van der Waals surface area contributed by atoms with Crippen LogP contribution in [0.5, 0.6) is 0 Å². The minimum atomic E-state index is 0.349. The molecule has 0 aliphatic heterocycles. The van der Waals surface area contributed by atoms with Crippen LogP contribution in [0.25, 0.3) is 0 Å². The molecule has 0 saturated carbocycles. The van der Waals surface area contributed by atoms with E-state index in [0.29, 0.717) is 17.9 Å². The van der Waals surface area contributed by atoms with Crippen LogP contribution in [-0.2, 0) is 0 Å². The van der Waals surface area contributed by atoms with Crippen molar-refractivity contribution in [3.63, 3.8) is 0 Å². The maximum atomic E-state index is 3.56. The third-order valence-corrected chi connectivity index (χ3v) is 4.51. The molecular weight excluding hydrogens is 254 g/mol. The largest absolute Gasteiger partial charge is 0.312 e. The molecule has 0 aliphatic carbocycles. The van der Waals surface area contributed by atoms with Crippen LogP contribution < -0.4 is 5.32 Å². The van der Waals surface area contributed by atoms with Gasteiger partial charge < -0.3 is 5.32 Å². The summed E-state index contributed by atoms with van der Waals surface area (Å²) >= 11 is 0. The summed E-state index contributed by atoms with van der Waals surface area (Å²) in [6.07, 6.45) is 1.18. The molecule has 0 radical (unpaired) electrons. The fourth-order valence-corrected chi connectivity index (χ4v) is 3.20. The Morgan fingerprint density at radius 3 is 2.19 bits per heavy atom. The van der Waals surface area contributed by atoms with Crippen molar-refractivity contribution in [2.24, 2.45) is 5.92 Å².